The molecule has 1 saturated heterocycles. The number of thiazole rings is 1. The van der Waals surface area contributed by atoms with Crippen molar-refractivity contribution in [1.82, 2.24) is 14.9 Å². The van der Waals surface area contributed by atoms with Gasteiger partial charge in [-0.05, 0) is 31.6 Å². The van der Waals surface area contributed by atoms with Gasteiger partial charge in [-0.15, -0.1) is 0 Å². The third kappa shape index (κ3) is 7.51. The van der Waals surface area contributed by atoms with Crippen molar-refractivity contribution in [2.24, 2.45) is 5.92 Å². The van der Waals surface area contributed by atoms with E-state index in [2.05, 4.69) is 14.9 Å². The highest BCUT2D eigenvalue weighted by Gasteiger charge is 2.30. The van der Waals surface area contributed by atoms with Gasteiger partial charge in [-0.25, -0.2) is 9.97 Å². The Labute approximate surface area is 200 Å². The summed E-state index contributed by atoms with van der Waals surface area (Å²) in [7, 11) is 0. The predicted molar refractivity (Wildman–Crippen MR) is 119 cm³/mol. The minimum absolute atomic E-state index is 0.107. The molecule has 188 valence electrons. The molecule has 2 aliphatic heterocycles. The fraction of sp³-hybridized carbons (Fsp3) is 0.696. The largest absolute Gasteiger partial charge is 0.460 e. The van der Waals surface area contributed by atoms with Crippen LogP contribution in [0.15, 0.2) is 10.6 Å². The smallest absolute Gasteiger partial charge is 0.422 e. The van der Waals surface area contributed by atoms with E-state index in [0.717, 1.165) is 55.9 Å². The summed E-state index contributed by atoms with van der Waals surface area (Å²) in [4.78, 5) is 24.0. The van der Waals surface area contributed by atoms with E-state index in [1.165, 1.54) is 11.3 Å². The first-order valence-corrected chi connectivity index (χ1v) is 12.5. The maximum absolute atomic E-state index is 12.4. The molecule has 2 aliphatic rings. The van der Waals surface area contributed by atoms with Crippen LogP contribution in [-0.4, -0.2) is 65.8 Å². The quantitative estimate of drug-likeness (QED) is 0.510. The Hall–Kier alpha value is -1.98. The highest BCUT2D eigenvalue weighted by molar-refractivity contribution is 7.13. The number of aromatic nitrogens is 2. The van der Waals surface area contributed by atoms with Crippen LogP contribution in [0.4, 0.5) is 13.2 Å². The fourth-order valence-electron chi connectivity index (χ4n) is 4.47. The molecule has 4 heterocycles. The zero-order chi connectivity index (χ0) is 24.1. The number of ether oxygens (including phenoxy) is 2. The highest BCUT2D eigenvalue weighted by Crippen LogP contribution is 2.30. The van der Waals surface area contributed by atoms with Gasteiger partial charge in [-0.3, -0.25) is 4.79 Å². The first kappa shape index (κ1) is 25.1. The molecule has 0 spiro atoms. The molecule has 0 radical (unpaired) electrons. The molecular weight excluding hydrogens is 471 g/mol. The summed E-state index contributed by atoms with van der Waals surface area (Å²) in [6.45, 7) is 3.64. The molecule has 0 saturated carbocycles. The van der Waals surface area contributed by atoms with Crippen molar-refractivity contribution in [3.63, 3.8) is 0 Å². The molecule has 0 unspecified atom stereocenters. The summed E-state index contributed by atoms with van der Waals surface area (Å²) >= 11 is 1.22. The van der Waals surface area contributed by atoms with Crippen molar-refractivity contribution < 1.29 is 31.9 Å². The van der Waals surface area contributed by atoms with E-state index in [9.17, 15) is 18.0 Å². The monoisotopic (exact) mass is 501 g/mol. The molecule has 11 heteroatoms. The van der Waals surface area contributed by atoms with Crippen LogP contribution in [0, 0.1) is 12.8 Å². The minimum Gasteiger partial charge on any atom is -0.460 e. The van der Waals surface area contributed by atoms with Gasteiger partial charge >= 0.3 is 6.18 Å². The van der Waals surface area contributed by atoms with Crippen LogP contribution in [-0.2, 0) is 28.8 Å². The van der Waals surface area contributed by atoms with Gasteiger partial charge in [0, 0.05) is 44.3 Å². The van der Waals surface area contributed by atoms with Crippen LogP contribution in [0.2, 0.25) is 0 Å². The third-order valence-corrected chi connectivity index (χ3v) is 7.30. The second-order valence-corrected chi connectivity index (χ2v) is 10.1. The molecular formula is C23H30F3N3O4S. The van der Waals surface area contributed by atoms with Crippen LogP contribution in [0.5, 0.6) is 5.19 Å². The fourth-order valence-corrected chi connectivity index (χ4v) is 5.41. The summed E-state index contributed by atoms with van der Waals surface area (Å²) in [5.41, 5.74) is 0.853. The number of oxazole rings is 1. The number of nitrogens with zero attached hydrogens (tertiary/aromatic N) is 3. The maximum Gasteiger partial charge on any atom is 0.422 e. The molecule has 4 rings (SSSR count). The van der Waals surface area contributed by atoms with Crippen LogP contribution in [0.1, 0.15) is 47.9 Å². The van der Waals surface area contributed by atoms with Gasteiger partial charge in [0.2, 0.25) is 0 Å². The van der Waals surface area contributed by atoms with E-state index in [0.29, 0.717) is 31.1 Å². The van der Waals surface area contributed by atoms with Crippen molar-refractivity contribution >= 4 is 17.1 Å². The predicted octanol–water partition coefficient (Wildman–Crippen LogP) is 4.17. The van der Waals surface area contributed by atoms with Gasteiger partial charge < -0.3 is 18.8 Å². The van der Waals surface area contributed by atoms with Gasteiger partial charge in [0.05, 0.1) is 31.0 Å². The Balaban J connectivity index is 1.13. The van der Waals surface area contributed by atoms with Crippen molar-refractivity contribution in [1.29, 1.82) is 0 Å². The zero-order valence-corrected chi connectivity index (χ0v) is 20.1. The molecule has 0 amide bonds. The second kappa shape index (κ2) is 11.2. The molecule has 1 fully saturated rings. The van der Waals surface area contributed by atoms with E-state index in [4.69, 9.17) is 13.9 Å². The number of Topliss-reactive ketones (excluding diaryl/α,β-unsaturated/α-hetero) is 1. The van der Waals surface area contributed by atoms with Crippen LogP contribution < -0.4 is 4.74 Å². The first-order valence-electron chi connectivity index (χ1n) is 11.7. The Morgan fingerprint density at radius 2 is 2.12 bits per heavy atom. The average Bonchev–Trinajstić information content (AvgIpc) is 3.32. The number of alkyl halides is 3. The Morgan fingerprint density at radius 1 is 1.29 bits per heavy atom. The van der Waals surface area contributed by atoms with E-state index in [1.807, 2.05) is 0 Å². The van der Waals surface area contributed by atoms with Crippen molar-refractivity contribution in [3.05, 3.63) is 28.4 Å². The topological polar surface area (TPSA) is 77.7 Å². The molecule has 2 atom stereocenters. The Kier molecular flexibility index (Phi) is 8.26. The summed E-state index contributed by atoms with van der Waals surface area (Å²) in [6, 6.07) is 0. The van der Waals surface area contributed by atoms with E-state index >= 15 is 0 Å². The normalized spacial score (nSPS) is 21.8. The average molecular weight is 502 g/mol. The molecule has 7 nitrogen and oxygen atoms in total. The number of hydrogen-bond donors (Lipinski definition) is 0. The molecule has 0 aromatic carbocycles. The van der Waals surface area contributed by atoms with E-state index < -0.39 is 12.8 Å². The third-order valence-electron chi connectivity index (χ3n) is 6.23. The highest BCUT2D eigenvalue weighted by atomic mass is 32.1. The molecule has 2 aromatic rings. The van der Waals surface area contributed by atoms with Crippen molar-refractivity contribution in [3.8, 4) is 5.19 Å². The number of hydrogen-bond acceptors (Lipinski definition) is 8. The van der Waals surface area contributed by atoms with Gasteiger partial charge in [0.25, 0.3) is 5.19 Å². The molecule has 34 heavy (non-hydrogen) atoms. The van der Waals surface area contributed by atoms with Crippen LogP contribution in [0.3, 0.4) is 0 Å². The van der Waals surface area contributed by atoms with Crippen molar-refractivity contribution in [2.75, 3.05) is 32.8 Å². The maximum atomic E-state index is 12.4. The number of halogens is 3. The van der Waals surface area contributed by atoms with Gasteiger partial charge in [0.15, 0.2) is 12.5 Å². The van der Waals surface area contributed by atoms with E-state index in [1.54, 1.807) is 13.1 Å². The van der Waals surface area contributed by atoms with Crippen LogP contribution in [0.25, 0.3) is 0 Å². The van der Waals surface area contributed by atoms with Gasteiger partial charge in [0.1, 0.15) is 11.5 Å². The first-order chi connectivity index (χ1) is 16.2. The molecule has 2 aromatic heterocycles. The second-order valence-electron chi connectivity index (χ2n) is 9.05. The summed E-state index contributed by atoms with van der Waals surface area (Å²) in [6.07, 6.45) is 2.57. The lowest BCUT2D eigenvalue weighted by molar-refractivity contribution is -0.153. The summed E-state index contributed by atoms with van der Waals surface area (Å²) in [5.74, 6) is 1.59. The SMILES string of the molecule is Cc1ncc(CC(=O)C[C@H]2CC[C@H](CCN3CCc4nc(OCC(F)(F)F)sc4CC3)OC2)o1. The number of fused-ring (bicyclic) bond motifs is 1. The summed E-state index contributed by atoms with van der Waals surface area (Å²) in [5, 5.41) is 0.107. The molecule has 0 aliphatic carbocycles. The lowest BCUT2D eigenvalue weighted by atomic mass is 9.92. The minimum atomic E-state index is -4.35. The van der Waals surface area contributed by atoms with Crippen LogP contribution >= 0.6 is 11.3 Å². The Morgan fingerprint density at radius 3 is 2.82 bits per heavy atom. The molecule has 0 bridgehead atoms. The lowest BCUT2D eigenvalue weighted by Crippen LogP contribution is -2.33. The summed E-state index contributed by atoms with van der Waals surface area (Å²) < 4.78 is 53.3. The van der Waals surface area contributed by atoms with Crippen molar-refractivity contribution in [2.45, 2.75) is 64.1 Å². The number of carbonyl (C=O) groups excluding carboxylic acids is 1. The Bertz CT molecular complexity index is 928. The number of ketones is 1. The number of carbonyl (C=O) groups is 1. The van der Waals surface area contributed by atoms with Gasteiger partial charge in [-0.2, -0.15) is 13.2 Å². The van der Waals surface area contributed by atoms with Gasteiger partial charge in [-0.1, -0.05) is 11.3 Å². The molecule has 0 N–H and O–H groups in total. The standard InChI is InChI=1S/C23H30F3N3O4S/c1-15-27-12-19(33-15)11-17(30)10-16-2-3-18(31-13-16)4-7-29-8-5-20-21(6-9-29)34-22(28-20)32-14-23(24,25)26/h12,16,18H,2-11,13-14H2,1H3/t16-,18-/m1/s1. The zero-order valence-electron chi connectivity index (χ0n) is 19.2. The lowest BCUT2D eigenvalue weighted by Gasteiger charge is -2.30. The number of aryl methyl sites for hydroxylation is 1. The van der Waals surface area contributed by atoms with E-state index in [-0.39, 0.29) is 29.4 Å². The number of rotatable bonds is 9.